The van der Waals surface area contributed by atoms with E-state index in [0.29, 0.717) is 6.42 Å². The highest BCUT2D eigenvalue weighted by molar-refractivity contribution is 9.10. The lowest BCUT2D eigenvalue weighted by Crippen LogP contribution is -2.33. The molecule has 1 aromatic carbocycles. The van der Waals surface area contributed by atoms with E-state index in [4.69, 9.17) is 5.11 Å². The van der Waals surface area contributed by atoms with Crippen LogP contribution in [0, 0.1) is 0 Å². The van der Waals surface area contributed by atoms with Gasteiger partial charge in [-0.05, 0) is 36.6 Å². The fourth-order valence-electron chi connectivity index (χ4n) is 1.53. The minimum atomic E-state index is -0.127. The number of aliphatic hydroxyl groups excluding tert-OH is 1. The average molecular weight is 312 g/mol. The van der Waals surface area contributed by atoms with Crippen molar-refractivity contribution in [2.75, 3.05) is 6.61 Å². The third kappa shape index (κ3) is 5.47. The predicted octanol–water partition coefficient (Wildman–Crippen LogP) is 2.74. The van der Waals surface area contributed by atoms with Crippen LogP contribution in [0.4, 0.5) is 0 Å². The second-order valence-corrected chi connectivity index (χ2v) is 4.93. The van der Waals surface area contributed by atoms with Gasteiger partial charge in [-0.3, -0.25) is 4.79 Å². The zero-order valence-corrected chi connectivity index (χ0v) is 12.0. The number of nitrogens with one attached hydrogen (secondary N) is 1. The standard InChI is InChI=1S/C14H18BrNO2/c1-2-13(9-10-17)16-14(18)8-5-11-3-6-12(15)7-4-11/h3-8,13,17H,2,9-10H2,1H3,(H,16,18)/b8-5+. The van der Waals surface area contributed by atoms with Crippen LogP contribution in [0.1, 0.15) is 25.3 Å². The summed E-state index contributed by atoms with van der Waals surface area (Å²) in [6, 6.07) is 7.76. The van der Waals surface area contributed by atoms with Crippen molar-refractivity contribution >= 4 is 27.9 Å². The molecule has 0 saturated heterocycles. The number of amides is 1. The van der Waals surface area contributed by atoms with E-state index >= 15 is 0 Å². The molecule has 0 bridgehead atoms. The van der Waals surface area contributed by atoms with Gasteiger partial charge in [0.1, 0.15) is 0 Å². The summed E-state index contributed by atoms with van der Waals surface area (Å²) in [7, 11) is 0. The largest absolute Gasteiger partial charge is 0.396 e. The van der Waals surface area contributed by atoms with Gasteiger partial charge < -0.3 is 10.4 Å². The quantitative estimate of drug-likeness (QED) is 0.794. The second kappa shape index (κ2) is 8.06. The molecule has 3 nitrogen and oxygen atoms in total. The summed E-state index contributed by atoms with van der Waals surface area (Å²) in [6.07, 6.45) is 4.70. The first-order chi connectivity index (χ1) is 8.65. The Kier molecular flexibility index (Phi) is 6.68. The van der Waals surface area contributed by atoms with E-state index in [1.165, 1.54) is 6.08 Å². The molecule has 2 N–H and O–H groups in total. The summed E-state index contributed by atoms with van der Waals surface area (Å²) in [5, 5.41) is 11.7. The molecular weight excluding hydrogens is 294 g/mol. The Morgan fingerprint density at radius 1 is 1.44 bits per heavy atom. The molecule has 1 rings (SSSR count). The summed E-state index contributed by atoms with van der Waals surface area (Å²) in [5.74, 6) is -0.127. The highest BCUT2D eigenvalue weighted by Gasteiger charge is 2.06. The highest BCUT2D eigenvalue weighted by atomic mass is 79.9. The van der Waals surface area contributed by atoms with Crippen molar-refractivity contribution in [3.05, 3.63) is 40.4 Å². The highest BCUT2D eigenvalue weighted by Crippen LogP contribution is 2.11. The Hall–Kier alpha value is -1.13. The van der Waals surface area contributed by atoms with Crippen LogP contribution in [-0.4, -0.2) is 23.7 Å². The van der Waals surface area contributed by atoms with Crippen molar-refractivity contribution in [1.29, 1.82) is 0 Å². The van der Waals surface area contributed by atoms with Crippen LogP contribution >= 0.6 is 15.9 Å². The van der Waals surface area contributed by atoms with Crippen LogP contribution in [0.15, 0.2) is 34.8 Å². The molecule has 0 saturated carbocycles. The summed E-state index contributed by atoms with van der Waals surface area (Å²) in [4.78, 5) is 11.6. The van der Waals surface area contributed by atoms with Crippen LogP contribution < -0.4 is 5.32 Å². The van der Waals surface area contributed by atoms with Crippen molar-refractivity contribution < 1.29 is 9.90 Å². The molecule has 98 valence electrons. The molecule has 4 heteroatoms. The normalized spacial score (nSPS) is 12.6. The molecule has 0 radical (unpaired) electrons. The average Bonchev–Trinajstić information content (AvgIpc) is 2.37. The number of halogens is 1. The molecule has 0 spiro atoms. The fourth-order valence-corrected chi connectivity index (χ4v) is 1.79. The maximum atomic E-state index is 11.6. The second-order valence-electron chi connectivity index (χ2n) is 4.01. The van der Waals surface area contributed by atoms with E-state index in [9.17, 15) is 4.79 Å². The van der Waals surface area contributed by atoms with Crippen molar-refractivity contribution in [2.45, 2.75) is 25.8 Å². The van der Waals surface area contributed by atoms with Crippen molar-refractivity contribution in [1.82, 2.24) is 5.32 Å². The first kappa shape index (κ1) is 14.9. The van der Waals surface area contributed by atoms with E-state index in [1.807, 2.05) is 31.2 Å². The third-order valence-corrected chi connectivity index (χ3v) is 3.14. The number of carbonyl (C=O) groups is 1. The summed E-state index contributed by atoms with van der Waals surface area (Å²) in [6.45, 7) is 2.08. The molecule has 0 fully saturated rings. The lowest BCUT2D eigenvalue weighted by atomic mass is 10.1. The molecule has 0 aliphatic heterocycles. The predicted molar refractivity (Wildman–Crippen MR) is 77.1 cm³/mol. The summed E-state index contributed by atoms with van der Waals surface area (Å²) in [5.41, 5.74) is 0.976. The molecule has 0 aliphatic rings. The maximum Gasteiger partial charge on any atom is 0.244 e. The molecule has 0 aliphatic carbocycles. The third-order valence-electron chi connectivity index (χ3n) is 2.61. The SMILES string of the molecule is CCC(CCO)NC(=O)/C=C/c1ccc(Br)cc1. The minimum Gasteiger partial charge on any atom is -0.396 e. The lowest BCUT2D eigenvalue weighted by molar-refractivity contribution is -0.117. The number of carbonyl (C=O) groups excluding carboxylic acids is 1. The number of hydrogen-bond acceptors (Lipinski definition) is 2. The van der Waals surface area contributed by atoms with Gasteiger partial charge in [-0.2, -0.15) is 0 Å². The molecule has 1 atom stereocenters. The topological polar surface area (TPSA) is 49.3 Å². The van der Waals surface area contributed by atoms with E-state index in [-0.39, 0.29) is 18.6 Å². The molecule has 18 heavy (non-hydrogen) atoms. The zero-order valence-electron chi connectivity index (χ0n) is 10.4. The van der Waals surface area contributed by atoms with E-state index in [2.05, 4.69) is 21.2 Å². The number of hydrogen-bond donors (Lipinski definition) is 2. The Labute approximate surface area is 116 Å². The van der Waals surface area contributed by atoms with Gasteiger partial charge in [-0.15, -0.1) is 0 Å². The molecule has 1 amide bonds. The minimum absolute atomic E-state index is 0.0390. The van der Waals surface area contributed by atoms with Gasteiger partial charge in [0.15, 0.2) is 0 Å². The summed E-state index contributed by atoms with van der Waals surface area (Å²) < 4.78 is 1.01. The smallest absolute Gasteiger partial charge is 0.244 e. The van der Waals surface area contributed by atoms with Crippen molar-refractivity contribution in [3.8, 4) is 0 Å². The first-order valence-electron chi connectivity index (χ1n) is 6.00. The van der Waals surface area contributed by atoms with Gasteiger partial charge in [-0.1, -0.05) is 35.0 Å². The number of benzene rings is 1. The van der Waals surface area contributed by atoms with E-state index in [1.54, 1.807) is 6.08 Å². The van der Waals surface area contributed by atoms with Crippen LogP contribution in [0.3, 0.4) is 0 Å². The van der Waals surface area contributed by atoms with Gasteiger partial charge in [0, 0.05) is 23.2 Å². The van der Waals surface area contributed by atoms with Gasteiger partial charge >= 0.3 is 0 Å². The lowest BCUT2D eigenvalue weighted by Gasteiger charge is -2.13. The van der Waals surface area contributed by atoms with Crippen LogP contribution in [0.5, 0.6) is 0 Å². The Morgan fingerprint density at radius 3 is 2.67 bits per heavy atom. The molecule has 1 aromatic rings. The monoisotopic (exact) mass is 311 g/mol. The van der Waals surface area contributed by atoms with Crippen LogP contribution in [0.25, 0.3) is 6.08 Å². The van der Waals surface area contributed by atoms with Gasteiger partial charge in [0.05, 0.1) is 0 Å². The van der Waals surface area contributed by atoms with Crippen molar-refractivity contribution in [2.24, 2.45) is 0 Å². The van der Waals surface area contributed by atoms with Crippen LogP contribution in [0.2, 0.25) is 0 Å². The maximum absolute atomic E-state index is 11.6. The van der Waals surface area contributed by atoms with Gasteiger partial charge in [0.25, 0.3) is 0 Å². The van der Waals surface area contributed by atoms with Gasteiger partial charge in [0.2, 0.25) is 5.91 Å². The molecule has 0 aromatic heterocycles. The van der Waals surface area contributed by atoms with E-state index < -0.39 is 0 Å². The Bertz CT molecular complexity index is 401. The molecule has 1 unspecified atom stereocenters. The van der Waals surface area contributed by atoms with Gasteiger partial charge in [-0.25, -0.2) is 0 Å². The Morgan fingerprint density at radius 2 is 2.11 bits per heavy atom. The Balaban J connectivity index is 2.50. The fraction of sp³-hybridized carbons (Fsp3) is 0.357. The number of aliphatic hydroxyl groups is 1. The van der Waals surface area contributed by atoms with Crippen molar-refractivity contribution in [3.63, 3.8) is 0 Å². The first-order valence-corrected chi connectivity index (χ1v) is 6.80. The van der Waals surface area contributed by atoms with E-state index in [0.717, 1.165) is 16.5 Å². The van der Waals surface area contributed by atoms with Crippen LogP contribution in [-0.2, 0) is 4.79 Å². The zero-order chi connectivity index (χ0) is 13.4. The molecule has 0 heterocycles. The molecular formula is C14H18BrNO2. The number of rotatable bonds is 6. The summed E-state index contributed by atoms with van der Waals surface area (Å²) >= 11 is 3.36.